The Hall–Kier alpha value is -1.62. The van der Waals surface area contributed by atoms with E-state index in [2.05, 4.69) is 16.8 Å². The topological polar surface area (TPSA) is 56.4 Å². The number of rotatable bonds is 3. The maximum Gasteiger partial charge on any atom is 0.270 e. The molecule has 0 aromatic carbocycles. The standard InChI is InChI=1S/C18H27N3O2/c1-14-5-9-20(10-6-14)12-15-3-2-8-21(13-15)18(23)17-11-16(22)4-7-19-17/h4,7,11,14-15H,2-3,5-6,8-10,12-13H2,1H3,(H,19,22). The minimum absolute atomic E-state index is 0.0420. The summed E-state index contributed by atoms with van der Waals surface area (Å²) in [6.45, 7) is 7.42. The Kier molecular flexibility index (Phi) is 5.16. The molecule has 2 aliphatic heterocycles. The minimum atomic E-state index is -0.122. The Balaban J connectivity index is 1.57. The third-order valence-corrected chi connectivity index (χ3v) is 5.20. The molecule has 126 valence electrons. The second-order valence-corrected chi connectivity index (χ2v) is 7.18. The van der Waals surface area contributed by atoms with E-state index in [4.69, 9.17) is 0 Å². The Labute approximate surface area is 137 Å². The van der Waals surface area contributed by atoms with Crippen molar-refractivity contribution in [1.82, 2.24) is 14.8 Å². The summed E-state index contributed by atoms with van der Waals surface area (Å²) in [7, 11) is 0. The number of amides is 1. The van der Waals surface area contributed by atoms with Crippen LogP contribution >= 0.6 is 0 Å². The fraction of sp³-hybridized carbons (Fsp3) is 0.667. The summed E-state index contributed by atoms with van der Waals surface area (Å²) in [5.74, 6) is 1.36. The van der Waals surface area contributed by atoms with Gasteiger partial charge in [-0.15, -0.1) is 0 Å². The summed E-state index contributed by atoms with van der Waals surface area (Å²) in [6, 6.07) is 2.84. The highest BCUT2D eigenvalue weighted by atomic mass is 16.2. The average molecular weight is 317 g/mol. The van der Waals surface area contributed by atoms with Crippen LogP contribution in [-0.4, -0.2) is 53.4 Å². The molecule has 1 aromatic heterocycles. The number of hydrogen-bond acceptors (Lipinski definition) is 3. The lowest BCUT2D eigenvalue weighted by Crippen LogP contribution is -2.45. The van der Waals surface area contributed by atoms with Crippen LogP contribution in [0.3, 0.4) is 0 Å². The second-order valence-electron chi connectivity index (χ2n) is 7.18. The lowest BCUT2D eigenvalue weighted by atomic mass is 9.94. The van der Waals surface area contributed by atoms with Crippen molar-refractivity contribution in [3.63, 3.8) is 0 Å². The van der Waals surface area contributed by atoms with Gasteiger partial charge in [-0.3, -0.25) is 9.59 Å². The molecule has 23 heavy (non-hydrogen) atoms. The van der Waals surface area contributed by atoms with Gasteiger partial charge in [-0.1, -0.05) is 6.92 Å². The molecule has 0 aliphatic carbocycles. The van der Waals surface area contributed by atoms with E-state index >= 15 is 0 Å². The number of aromatic nitrogens is 1. The van der Waals surface area contributed by atoms with Crippen molar-refractivity contribution in [2.24, 2.45) is 11.8 Å². The molecule has 5 nitrogen and oxygen atoms in total. The fourth-order valence-electron chi connectivity index (χ4n) is 3.75. The number of hydrogen-bond donors (Lipinski definition) is 1. The first-order valence-corrected chi connectivity index (χ1v) is 8.82. The van der Waals surface area contributed by atoms with Crippen molar-refractivity contribution in [2.75, 3.05) is 32.7 Å². The Bertz CT molecular complexity index is 590. The van der Waals surface area contributed by atoms with Gasteiger partial charge in [-0.25, -0.2) is 0 Å². The number of piperidine rings is 2. The van der Waals surface area contributed by atoms with Crippen LogP contribution in [0.15, 0.2) is 23.1 Å². The molecule has 1 N–H and O–H groups in total. The van der Waals surface area contributed by atoms with E-state index in [-0.39, 0.29) is 11.3 Å². The Morgan fingerprint density at radius 2 is 2.04 bits per heavy atom. The number of pyridine rings is 1. The highest BCUT2D eigenvalue weighted by Crippen LogP contribution is 2.22. The van der Waals surface area contributed by atoms with E-state index in [9.17, 15) is 9.59 Å². The van der Waals surface area contributed by atoms with Gasteiger partial charge in [0.25, 0.3) is 5.91 Å². The lowest BCUT2D eigenvalue weighted by molar-refractivity contribution is 0.0616. The largest absolute Gasteiger partial charge is 0.357 e. The van der Waals surface area contributed by atoms with Gasteiger partial charge in [0.1, 0.15) is 5.69 Å². The molecule has 0 saturated carbocycles. The van der Waals surface area contributed by atoms with E-state index in [1.807, 2.05) is 4.90 Å². The number of carbonyl (C=O) groups excluding carboxylic acids is 1. The molecule has 2 aliphatic rings. The quantitative estimate of drug-likeness (QED) is 0.927. The number of likely N-dealkylation sites (tertiary alicyclic amines) is 2. The van der Waals surface area contributed by atoms with Crippen molar-refractivity contribution >= 4 is 5.91 Å². The third-order valence-electron chi connectivity index (χ3n) is 5.20. The summed E-state index contributed by atoms with van der Waals surface area (Å²) in [6.07, 6.45) is 6.38. The zero-order chi connectivity index (χ0) is 16.2. The summed E-state index contributed by atoms with van der Waals surface area (Å²) >= 11 is 0. The predicted octanol–water partition coefficient (Wildman–Crippen LogP) is 1.96. The molecule has 1 unspecified atom stereocenters. The van der Waals surface area contributed by atoms with Gasteiger partial charge in [-0.05, 0) is 50.6 Å². The summed E-state index contributed by atoms with van der Waals surface area (Å²) < 4.78 is 0. The first-order valence-electron chi connectivity index (χ1n) is 8.82. The smallest absolute Gasteiger partial charge is 0.270 e. The van der Waals surface area contributed by atoms with E-state index in [1.165, 1.54) is 44.5 Å². The third kappa shape index (κ3) is 4.22. The van der Waals surface area contributed by atoms with E-state index in [1.54, 1.807) is 6.20 Å². The van der Waals surface area contributed by atoms with Crippen LogP contribution in [0.25, 0.3) is 0 Å². The maximum absolute atomic E-state index is 12.6. The van der Waals surface area contributed by atoms with Crippen molar-refractivity contribution in [2.45, 2.75) is 32.6 Å². The normalized spacial score (nSPS) is 23.9. The number of carbonyl (C=O) groups is 1. The van der Waals surface area contributed by atoms with Gasteiger partial charge in [-0.2, -0.15) is 0 Å². The minimum Gasteiger partial charge on any atom is -0.357 e. The van der Waals surface area contributed by atoms with Crippen molar-refractivity contribution in [1.29, 1.82) is 0 Å². The van der Waals surface area contributed by atoms with E-state index < -0.39 is 0 Å². The van der Waals surface area contributed by atoms with Gasteiger partial charge < -0.3 is 14.8 Å². The molecule has 0 radical (unpaired) electrons. The van der Waals surface area contributed by atoms with Crippen LogP contribution in [0.1, 0.15) is 43.1 Å². The molecular formula is C18H27N3O2. The van der Waals surface area contributed by atoms with Crippen molar-refractivity contribution in [3.05, 3.63) is 34.2 Å². The molecular weight excluding hydrogens is 290 g/mol. The molecule has 2 saturated heterocycles. The summed E-state index contributed by atoms with van der Waals surface area (Å²) in [5, 5.41) is 0. The van der Waals surface area contributed by atoms with Crippen molar-refractivity contribution in [3.8, 4) is 0 Å². The van der Waals surface area contributed by atoms with Crippen molar-refractivity contribution < 1.29 is 4.79 Å². The van der Waals surface area contributed by atoms with Gasteiger partial charge in [0, 0.05) is 38.0 Å². The molecule has 5 heteroatoms. The molecule has 1 atom stereocenters. The molecule has 0 spiro atoms. The molecule has 3 rings (SSSR count). The molecule has 0 bridgehead atoms. The Morgan fingerprint density at radius 3 is 2.78 bits per heavy atom. The molecule has 1 aromatic rings. The number of nitrogens with one attached hydrogen (secondary N) is 1. The van der Waals surface area contributed by atoms with Crippen LogP contribution in [0, 0.1) is 11.8 Å². The first-order chi connectivity index (χ1) is 11.1. The summed E-state index contributed by atoms with van der Waals surface area (Å²) in [4.78, 5) is 31.4. The first kappa shape index (κ1) is 16.2. The average Bonchev–Trinajstić information content (AvgIpc) is 2.56. The number of aromatic amines is 1. The van der Waals surface area contributed by atoms with Crippen LogP contribution in [0.2, 0.25) is 0 Å². The second kappa shape index (κ2) is 7.30. The summed E-state index contributed by atoms with van der Waals surface area (Å²) in [5.41, 5.74) is 0.285. The lowest BCUT2D eigenvalue weighted by Gasteiger charge is -2.37. The van der Waals surface area contributed by atoms with Crippen LogP contribution in [0.5, 0.6) is 0 Å². The molecule has 2 fully saturated rings. The van der Waals surface area contributed by atoms with Gasteiger partial charge in [0.2, 0.25) is 0 Å². The predicted molar refractivity (Wildman–Crippen MR) is 90.5 cm³/mol. The maximum atomic E-state index is 12.6. The number of nitrogens with zero attached hydrogens (tertiary/aromatic N) is 2. The van der Waals surface area contributed by atoms with Crippen LogP contribution < -0.4 is 5.43 Å². The van der Waals surface area contributed by atoms with Crippen LogP contribution in [-0.2, 0) is 0 Å². The molecule has 1 amide bonds. The van der Waals surface area contributed by atoms with Gasteiger partial charge >= 0.3 is 0 Å². The highest BCUT2D eigenvalue weighted by Gasteiger charge is 2.27. The highest BCUT2D eigenvalue weighted by molar-refractivity contribution is 5.92. The molecule has 3 heterocycles. The Morgan fingerprint density at radius 1 is 1.26 bits per heavy atom. The van der Waals surface area contributed by atoms with Crippen LogP contribution in [0.4, 0.5) is 0 Å². The van der Waals surface area contributed by atoms with Gasteiger partial charge in [0.05, 0.1) is 0 Å². The SMILES string of the molecule is CC1CCN(CC2CCCN(C(=O)c3cc(=O)cc[nH]3)C2)CC1. The zero-order valence-corrected chi connectivity index (χ0v) is 14.0. The van der Waals surface area contributed by atoms with E-state index in [0.717, 1.165) is 32.0 Å². The fourth-order valence-corrected chi connectivity index (χ4v) is 3.75. The number of H-pyrrole nitrogens is 1. The monoisotopic (exact) mass is 317 g/mol. The van der Waals surface area contributed by atoms with E-state index in [0.29, 0.717) is 11.6 Å². The zero-order valence-electron chi connectivity index (χ0n) is 14.0. The van der Waals surface area contributed by atoms with Gasteiger partial charge in [0.15, 0.2) is 5.43 Å².